The van der Waals surface area contributed by atoms with E-state index < -0.39 is 18.3 Å². The van der Waals surface area contributed by atoms with Crippen molar-refractivity contribution in [3.8, 4) is 11.5 Å². The van der Waals surface area contributed by atoms with Gasteiger partial charge >= 0.3 is 6.18 Å². The zero-order chi connectivity index (χ0) is 15.5. The molecule has 0 saturated carbocycles. The van der Waals surface area contributed by atoms with E-state index in [4.69, 9.17) is 9.84 Å². The maximum absolute atomic E-state index is 13.1. The van der Waals surface area contributed by atoms with Crippen molar-refractivity contribution in [2.45, 2.75) is 26.1 Å². The molecule has 0 amide bonds. The number of hydrogen-bond acceptors (Lipinski definition) is 2. The van der Waals surface area contributed by atoms with Gasteiger partial charge in [0, 0.05) is 0 Å². The normalized spacial score (nSPS) is 11.5. The summed E-state index contributed by atoms with van der Waals surface area (Å²) < 4.78 is 44.5. The Bertz CT molecular complexity index is 621. The van der Waals surface area contributed by atoms with Crippen LogP contribution >= 0.6 is 0 Å². The summed E-state index contributed by atoms with van der Waals surface area (Å²) >= 11 is 0. The molecule has 0 aromatic heterocycles. The lowest BCUT2D eigenvalue weighted by molar-refractivity contribution is -0.138. The van der Waals surface area contributed by atoms with Crippen molar-refractivity contribution in [2.75, 3.05) is 0 Å². The third kappa shape index (κ3) is 3.76. The van der Waals surface area contributed by atoms with Gasteiger partial charge in [-0.3, -0.25) is 0 Å². The monoisotopic (exact) mass is 296 g/mol. The molecule has 0 aliphatic carbocycles. The second-order valence-corrected chi connectivity index (χ2v) is 4.59. The number of aliphatic hydroxyl groups is 1. The van der Waals surface area contributed by atoms with Gasteiger partial charge < -0.3 is 9.84 Å². The fourth-order valence-electron chi connectivity index (χ4n) is 1.94. The molecule has 5 heteroatoms. The molecule has 2 aromatic rings. The highest BCUT2D eigenvalue weighted by Crippen LogP contribution is 2.38. The summed E-state index contributed by atoms with van der Waals surface area (Å²) in [6.45, 7) is 1.50. The average molecular weight is 296 g/mol. The van der Waals surface area contributed by atoms with E-state index in [1.807, 2.05) is 13.0 Å². The topological polar surface area (TPSA) is 29.5 Å². The van der Waals surface area contributed by atoms with E-state index in [0.29, 0.717) is 5.75 Å². The van der Waals surface area contributed by atoms with Crippen molar-refractivity contribution in [3.63, 3.8) is 0 Å². The van der Waals surface area contributed by atoms with Gasteiger partial charge in [-0.25, -0.2) is 0 Å². The van der Waals surface area contributed by atoms with E-state index in [2.05, 4.69) is 0 Å². The summed E-state index contributed by atoms with van der Waals surface area (Å²) in [6.07, 6.45) is -3.77. The third-order valence-electron chi connectivity index (χ3n) is 3.07. The van der Waals surface area contributed by atoms with Crippen molar-refractivity contribution in [2.24, 2.45) is 0 Å². The number of benzene rings is 2. The number of hydrogen-bond donors (Lipinski definition) is 1. The molecule has 0 fully saturated rings. The smallest absolute Gasteiger partial charge is 0.419 e. The van der Waals surface area contributed by atoms with Gasteiger partial charge in [0.1, 0.15) is 11.5 Å². The number of aryl methyl sites for hydroxylation is 1. The second-order valence-electron chi connectivity index (χ2n) is 4.59. The van der Waals surface area contributed by atoms with Crippen molar-refractivity contribution in [1.82, 2.24) is 0 Å². The number of aliphatic hydroxyl groups excluding tert-OH is 1. The minimum Gasteiger partial charge on any atom is -0.457 e. The van der Waals surface area contributed by atoms with Crippen LogP contribution in [0.2, 0.25) is 0 Å². The van der Waals surface area contributed by atoms with E-state index in [9.17, 15) is 13.2 Å². The quantitative estimate of drug-likeness (QED) is 0.896. The Morgan fingerprint density at radius 2 is 1.81 bits per heavy atom. The molecule has 112 valence electrons. The van der Waals surface area contributed by atoms with E-state index >= 15 is 0 Å². The third-order valence-corrected chi connectivity index (χ3v) is 3.07. The van der Waals surface area contributed by atoms with Crippen LogP contribution in [0.25, 0.3) is 0 Å². The predicted octanol–water partition coefficient (Wildman–Crippen LogP) is 4.55. The molecule has 0 radical (unpaired) electrons. The van der Waals surface area contributed by atoms with Gasteiger partial charge in [0.05, 0.1) is 12.2 Å². The van der Waals surface area contributed by atoms with E-state index in [1.54, 1.807) is 18.2 Å². The fourth-order valence-corrected chi connectivity index (χ4v) is 1.94. The van der Waals surface area contributed by atoms with Crippen LogP contribution in [-0.2, 0) is 19.2 Å². The lowest BCUT2D eigenvalue weighted by Gasteiger charge is -2.15. The van der Waals surface area contributed by atoms with Gasteiger partial charge in [0.2, 0.25) is 0 Å². The highest BCUT2D eigenvalue weighted by atomic mass is 19.4. The molecule has 1 N–H and O–H groups in total. The first-order chi connectivity index (χ1) is 9.94. The first kappa shape index (κ1) is 15.4. The Labute approximate surface area is 120 Å². The van der Waals surface area contributed by atoms with Crippen LogP contribution in [0.4, 0.5) is 13.2 Å². The predicted molar refractivity (Wildman–Crippen MR) is 73.3 cm³/mol. The van der Waals surface area contributed by atoms with Gasteiger partial charge in [-0.2, -0.15) is 13.2 Å². The molecule has 0 aliphatic heterocycles. The summed E-state index contributed by atoms with van der Waals surface area (Å²) in [5.41, 5.74) is 0.279. The largest absolute Gasteiger partial charge is 0.457 e. The number of rotatable bonds is 4. The highest BCUT2D eigenvalue weighted by Gasteiger charge is 2.34. The van der Waals surface area contributed by atoms with Crippen molar-refractivity contribution in [1.29, 1.82) is 0 Å². The minimum atomic E-state index is -4.54. The maximum atomic E-state index is 13.1. The zero-order valence-electron chi connectivity index (χ0n) is 11.4. The first-order valence-electron chi connectivity index (χ1n) is 6.52. The van der Waals surface area contributed by atoms with Gasteiger partial charge in [0.15, 0.2) is 0 Å². The average Bonchev–Trinajstić information content (AvgIpc) is 2.46. The molecule has 0 atom stereocenters. The van der Waals surface area contributed by atoms with Crippen LogP contribution in [-0.4, -0.2) is 5.11 Å². The summed E-state index contributed by atoms with van der Waals surface area (Å²) in [5, 5.41) is 8.97. The van der Waals surface area contributed by atoms with Crippen molar-refractivity contribution in [3.05, 3.63) is 59.2 Å². The lowest BCUT2D eigenvalue weighted by atomic mass is 10.1. The van der Waals surface area contributed by atoms with E-state index in [1.165, 1.54) is 12.1 Å². The first-order valence-corrected chi connectivity index (χ1v) is 6.52. The van der Waals surface area contributed by atoms with Crippen LogP contribution in [0, 0.1) is 0 Å². The van der Waals surface area contributed by atoms with Gasteiger partial charge in [0.25, 0.3) is 0 Å². The standard InChI is InChI=1S/C16H15F3O2/c1-2-11-4-3-5-13(8-11)21-15-7-6-12(10-20)9-14(15)16(17,18)19/h3-9,20H,2,10H2,1H3. The summed E-state index contributed by atoms with van der Waals surface area (Å²) in [5.74, 6) is 0.0875. The number of halogens is 3. The van der Waals surface area contributed by atoms with Crippen LogP contribution in [0.3, 0.4) is 0 Å². The molecule has 0 bridgehead atoms. The molecule has 0 spiro atoms. The van der Waals surface area contributed by atoms with Gasteiger partial charge in [-0.05, 0) is 41.8 Å². The van der Waals surface area contributed by atoms with Crippen LogP contribution < -0.4 is 4.74 Å². The Kier molecular flexibility index (Phi) is 4.53. The lowest BCUT2D eigenvalue weighted by Crippen LogP contribution is -2.08. The molecule has 2 nitrogen and oxygen atoms in total. The molecular weight excluding hydrogens is 281 g/mol. The zero-order valence-corrected chi connectivity index (χ0v) is 11.4. The molecular formula is C16H15F3O2. The Hall–Kier alpha value is -2.01. The van der Waals surface area contributed by atoms with E-state index in [0.717, 1.165) is 18.1 Å². The second kappa shape index (κ2) is 6.18. The van der Waals surface area contributed by atoms with Crippen LogP contribution in [0.1, 0.15) is 23.6 Å². The van der Waals surface area contributed by atoms with Gasteiger partial charge in [-0.15, -0.1) is 0 Å². The molecule has 0 heterocycles. The van der Waals surface area contributed by atoms with Gasteiger partial charge in [-0.1, -0.05) is 25.1 Å². The molecule has 2 rings (SSSR count). The Morgan fingerprint density at radius 3 is 2.43 bits per heavy atom. The molecule has 0 unspecified atom stereocenters. The summed E-state index contributed by atoms with van der Waals surface area (Å²) in [6, 6.07) is 10.5. The Balaban J connectivity index is 2.39. The fraction of sp³-hybridized carbons (Fsp3) is 0.250. The van der Waals surface area contributed by atoms with Crippen molar-refractivity contribution >= 4 is 0 Å². The molecule has 21 heavy (non-hydrogen) atoms. The van der Waals surface area contributed by atoms with E-state index in [-0.39, 0.29) is 11.3 Å². The molecule has 0 aliphatic rings. The minimum absolute atomic E-state index is 0.192. The molecule has 2 aromatic carbocycles. The molecule has 0 saturated heterocycles. The summed E-state index contributed by atoms with van der Waals surface area (Å²) in [7, 11) is 0. The van der Waals surface area contributed by atoms with Crippen LogP contribution in [0.15, 0.2) is 42.5 Å². The van der Waals surface area contributed by atoms with Crippen molar-refractivity contribution < 1.29 is 23.0 Å². The highest BCUT2D eigenvalue weighted by molar-refractivity contribution is 5.42. The maximum Gasteiger partial charge on any atom is 0.419 e. The number of ether oxygens (including phenoxy) is 1. The Morgan fingerprint density at radius 1 is 1.05 bits per heavy atom. The number of alkyl halides is 3. The SMILES string of the molecule is CCc1cccc(Oc2ccc(CO)cc2C(F)(F)F)c1. The summed E-state index contributed by atoms with van der Waals surface area (Å²) in [4.78, 5) is 0. The van der Waals surface area contributed by atoms with Crippen LogP contribution in [0.5, 0.6) is 11.5 Å².